The number of aliphatic hydroxyl groups is 1. The number of carbonyl (C=O) groups excluding carboxylic acids is 1. The van der Waals surface area contributed by atoms with Crippen molar-refractivity contribution < 1.29 is 27.5 Å². The Morgan fingerprint density at radius 1 is 1.24 bits per heavy atom. The normalized spacial score (nSPS) is 18.4. The van der Waals surface area contributed by atoms with Crippen LogP contribution in [0.5, 0.6) is 0 Å². The summed E-state index contributed by atoms with van der Waals surface area (Å²) in [5.41, 5.74) is -3.01. The van der Waals surface area contributed by atoms with Gasteiger partial charge in [-0.1, -0.05) is 25.0 Å². The first-order chi connectivity index (χ1) is 13.6. The van der Waals surface area contributed by atoms with Crippen molar-refractivity contribution in [1.82, 2.24) is 14.9 Å². The van der Waals surface area contributed by atoms with Gasteiger partial charge < -0.3 is 15.0 Å². The van der Waals surface area contributed by atoms with E-state index in [1.54, 1.807) is 12.1 Å². The molecule has 1 aliphatic rings. The summed E-state index contributed by atoms with van der Waals surface area (Å²) >= 11 is 0. The van der Waals surface area contributed by atoms with E-state index in [2.05, 4.69) is 10.3 Å². The van der Waals surface area contributed by atoms with Gasteiger partial charge >= 0.3 is 6.18 Å². The van der Waals surface area contributed by atoms with Gasteiger partial charge in [0.1, 0.15) is 5.82 Å². The Kier molecular flexibility index (Phi) is 5.71. The SMILES string of the molecule is Cn1ccnc1C(O)(CC(=O)NCC1(c2ccc(F)cc2)CCCC1)C(F)(F)F. The number of nitrogens with one attached hydrogen (secondary N) is 1. The molecule has 1 unspecified atom stereocenters. The number of alkyl halides is 3. The van der Waals surface area contributed by atoms with Crippen molar-refractivity contribution in [3.8, 4) is 0 Å². The van der Waals surface area contributed by atoms with Crippen molar-refractivity contribution in [3.05, 3.63) is 53.9 Å². The fourth-order valence-electron chi connectivity index (χ4n) is 4.06. The highest BCUT2D eigenvalue weighted by molar-refractivity contribution is 5.77. The van der Waals surface area contributed by atoms with Crippen molar-refractivity contribution in [2.75, 3.05) is 6.54 Å². The summed E-state index contributed by atoms with van der Waals surface area (Å²) < 4.78 is 55.1. The first-order valence-electron chi connectivity index (χ1n) is 9.37. The number of aryl methyl sites for hydroxylation is 1. The van der Waals surface area contributed by atoms with Crippen LogP contribution in [0.4, 0.5) is 17.6 Å². The highest BCUT2D eigenvalue weighted by Crippen LogP contribution is 2.42. The first-order valence-corrected chi connectivity index (χ1v) is 9.37. The largest absolute Gasteiger partial charge is 0.425 e. The van der Waals surface area contributed by atoms with Crippen LogP contribution in [0.2, 0.25) is 0 Å². The Morgan fingerprint density at radius 2 is 1.86 bits per heavy atom. The lowest BCUT2D eigenvalue weighted by atomic mass is 9.78. The standard InChI is InChI=1S/C20H23F4N3O2/c1-27-11-10-25-17(27)19(29,20(22,23)24)12-16(28)26-13-18(8-2-3-9-18)14-4-6-15(21)7-5-14/h4-7,10-11,29H,2-3,8-9,12-13H2,1H3,(H,26,28). The fourth-order valence-corrected chi connectivity index (χ4v) is 4.06. The number of amides is 1. The molecule has 5 nitrogen and oxygen atoms in total. The predicted molar refractivity (Wildman–Crippen MR) is 97.3 cm³/mol. The summed E-state index contributed by atoms with van der Waals surface area (Å²) in [7, 11) is 1.32. The van der Waals surface area contributed by atoms with E-state index in [1.807, 2.05) is 0 Å². The van der Waals surface area contributed by atoms with Gasteiger partial charge in [-0.25, -0.2) is 9.37 Å². The number of hydrogen-bond donors (Lipinski definition) is 2. The summed E-state index contributed by atoms with van der Waals surface area (Å²) in [6, 6.07) is 5.96. The number of nitrogens with zero attached hydrogens (tertiary/aromatic N) is 2. The van der Waals surface area contributed by atoms with Crippen molar-refractivity contribution in [1.29, 1.82) is 0 Å². The number of benzene rings is 1. The molecule has 1 atom stereocenters. The molecule has 1 heterocycles. The molecule has 0 saturated heterocycles. The highest BCUT2D eigenvalue weighted by Gasteiger charge is 2.58. The van der Waals surface area contributed by atoms with Crippen LogP contribution >= 0.6 is 0 Å². The molecular formula is C20H23F4N3O2. The molecule has 0 radical (unpaired) electrons. The maximum absolute atomic E-state index is 13.6. The van der Waals surface area contributed by atoms with E-state index >= 15 is 0 Å². The molecule has 9 heteroatoms. The van der Waals surface area contributed by atoms with Gasteiger partial charge in [-0.05, 0) is 30.5 Å². The van der Waals surface area contributed by atoms with Crippen LogP contribution < -0.4 is 5.32 Å². The Bertz CT molecular complexity index is 857. The number of hydrogen-bond acceptors (Lipinski definition) is 3. The molecule has 0 aliphatic heterocycles. The molecule has 3 rings (SSSR count). The van der Waals surface area contributed by atoms with Gasteiger partial charge in [0.15, 0.2) is 5.82 Å². The number of carbonyl (C=O) groups is 1. The summed E-state index contributed by atoms with van der Waals surface area (Å²) in [6.07, 6.45) is -0.575. The zero-order valence-corrected chi connectivity index (χ0v) is 16.0. The van der Waals surface area contributed by atoms with Gasteiger partial charge in [0.25, 0.3) is 0 Å². The molecule has 1 amide bonds. The second kappa shape index (κ2) is 7.78. The third-order valence-electron chi connectivity index (χ3n) is 5.72. The van der Waals surface area contributed by atoms with E-state index in [0.29, 0.717) is 0 Å². The van der Waals surface area contributed by atoms with Crippen LogP contribution in [0.15, 0.2) is 36.7 Å². The molecule has 0 bridgehead atoms. The lowest BCUT2D eigenvalue weighted by Crippen LogP contribution is -2.49. The zero-order chi connectivity index (χ0) is 21.3. The molecule has 1 saturated carbocycles. The number of imidazole rings is 1. The van der Waals surface area contributed by atoms with Crippen LogP contribution in [0.1, 0.15) is 43.5 Å². The Labute approximate surface area is 165 Å². The van der Waals surface area contributed by atoms with Gasteiger partial charge in [0.2, 0.25) is 11.5 Å². The lowest BCUT2D eigenvalue weighted by Gasteiger charge is -2.32. The van der Waals surface area contributed by atoms with Gasteiger partial charge in [-0.3, -0.25) is 4.79 Å². The summed E-state index contributed by atoms with van der Waals surface area (Å²) in [4.78, 5) is 16.0. The number of rotatable bonds is 6. The summed E-state index contributed by atoms with van der Waals surface area (Å²) in [5.74, 6) is -1.95. The highest BCUT2D eigenvalue weighted by atomic mass is 19.4. The topological polar surface area (TPSA) is 67.1 Å². The quantitative estimate of drug-likeness (QED) is 0.714. The van der Waals surface area contributed by atoms with Crippen LogP contribution in [0.3, 0.4) is 0 Å². The average Bonchev–Trinajstić information content (AvgIpc) is 3.29. The first kappa shape index (κ1) is 21.3. The molecule has 1 aliphatic carbocycles. The van der Waals surface area contributed by atoms with Gasteiger partial charge in [0, 0.05) is 31.4 Å². The van der Waals surface area contributed by atoms with Crippen LogP contribution in [0, 0.1) is 5.82 Å². The van der Waals surface area contributed by atoms with Crippen molar-refractivity contribution in [2.45, 2.75) is 49.3 Å². The van der Waals surface area contributed by atoms with Gasteiger partial charge in [-0.15, -0.1) is 0 Å². The van der Waals surface area contributed by atoms with E-state index < -0.39 is 35.3 Å². The molecule has 29 heavy (non-hydrogen) atoms. The van der Waals surface area contributed by atoms with Crippen molar-refractivity contribution >= 4 is 5.91 Å². The Morgan fingerprint density at radius 3 is 2.38 bits per heavy atom. The minimum atomic E-state index is -5.08. The fraction of sp³-hybridized carbons (Fsp3) is 0.500. The smallest absolute Gasteiger partial charge is 0.374 e. The van der Waals surface area contributed by atoms with Crippen LogP contribution in [-0.2, 0) is 22.9 Å². The molecule has 1 aromatic heterocycles. The minimum Gasteiger partial charge on any atom is -0.374 e. The predicted octanol–water partition coefficient (Wildman–Crippen LogP) is 3.33. The molecular weight excluding hydrogens is 390 g/mol. The molecule has 0 spiro atoms. The third kappa shape index (κ3) is 4.14. The monoisotopic (exact) mass is 413 g/mol. The van der Waals surface area contributed by atoms with Gasteiger partial charge in [0.05, 0.1) is 6.42 Å². The van der Waals surface area contributed by atoms with Crippen molar-refractivity contribution in [3.63, 3.8) is 0 Å². The molecule has 1 aromatic carbocycles. The maximum Gasteiger partial charge on any atom is 0.425 e. The van der Waals surface area contributed by atoms with E-state index in [4.69, 9.17) is 0 Å². The Balaban J connectivity index is 1.76. The maximum atomic E-state index is 13.6. The second-order valence-electron chi connectivity index (χ2n) is 7.67. The number of aromatic nitrogens is 2. The Hall–Kier alpha value is -2.42. The number of halogens is 4. The van der Waals surface area contributed by atoms with Crippen LogP contribution in [0.25, 0.3) is 0 Å². The van der Waals surface area contributed by atoms with E-state index in [9.17, 15) is 27.5 Å². The van der Waals surface area contributed by atoms with Crippen molar-refractivity contribution in [2.24, 2.45) is 7.05 Å². The van der Waals surface area contributed by atoms with E-state index in [1.165, 1.54) is 25.4 Å². The molecule has 1 fully saturated rings. The summed E-state index contributed by atoms with van der Waals surface area (Å²) in [6.45, 7) is 0.117. The molecule has 2 N–H and O–H groups in total. The van der Waals surface area contributed by atoms with Gasteiger partial charge in [-0.2, -0.15) is 13.2 Å². The molecule has 2 aromatic rings. The van der Waals surface area contributed by atoms with E-state index in [0.717, 1.165) is 42.0 Å². The van der Waals surface area contributed by atoms with Crippen LogP contribution in [-0.4, -0.2) is 33.3 Å². The lowest BCUT2D eigenvalue weighted by molar-refractivity contribution is -0.271. The average molecular weight is 413 g/mol. The third-order valence-corrected chi connectivity index (χ3v) is 5.72. The molecule has 158 valence electrons. The second-order valence-corrected chi connectivity index (χ2v) is 7.67. The zero-order valence-electron chi connectivity index (χ0n) is 16.0. The minimum absolute atomic E-state index is 0.117. The van der Waals surface area contributed by atoms with E-state index in [-0.39, 0.29) is 12.4 Å². The summed E-state index contributed by atoms with van der Waals surface area (Å²) in [5, 5.41) is 12.9.